The Balaban J connectivity index is 2.24. The number of benzene rings is 1. The number of hydrogen-bond donors (Lipinski definition) is 2. The van der Waals surface area contributed by atoms with Crippen LogP contribution in [-0.4, -0.2) is 34.8 Å². The predicted octanol–water partition coefficient (Wildman–Crippen LogP) is 2.22. The molecule has 1 aromatic rings. The summed E-state index contributed by atoms with van der Waals surface area (Å²) >= 11 is 0. The van der Waals surface area contributed by atoms with Gasteiger partial charge in [-0.15, -0.1) is 0 Å². The molecule has 1 aliphatic rings. The van der Waals surface area contributed by atoms with Crippen LogP contribution in [-0.2, 0) is 0 Å². The van der Waals surface area contributed by atoms with Gasteiger partial charge in [-0.05, 0) is 62.5 Å². The van der Waals surface area contributed by atoms with Crippen LogP contribution in [0.1, 0.15) is 36.4 Å². The number of phenolic OH excluding ortho intramolecular Hbond substituents is 1. The van der Waals surface area contributed by atoms with E-state index in [1.807, 2.05) is 13.0 Å². The van der Waals surface area contributed by atoms with Crippen LogP contribution in [0.15, 0.2) is 18.2 Å². The minimum absolute atomic E-state index is 0.210. The molecule has 1 fully saturated rings. The Morgan fingerprint density at radius 2 is 2.00 bits per heavy atom. The van der Waals surface area contributed by atoms with E-state index in [0.29, 0.717) is 11.8 Å². The summed E-state index contributed by atoms with van der Waals surface area (Å²) < 4.78 is 0. The third-order valence-electron chi connectivity index (χ3n) is 3.60. The zero-order valence-electron chi connectivity index (χ0n) is 10.4. The van der Waals surface area contributed by atoms with Crippen LogP contribution in [0.3, 0.4) is 0 Å². The maximum Gasteiger partial charge on any atom is 0.115 e. The summed E-state index contributed by atoms with van der Waals surface area (Å²) in [5.74, 6) is 0.315. The first-order chi connectivity index (χ1) is 8.22. The van der Waals surface area contributed by atoms with E-state index < -0.39 is 0 Å². The highest BCUT2D eigenvalue weighted by Crippen LogP contribution is 2.31. The van der Waals surface area contributed by atoms with Gasteiger partial charge in [-0.25, -0.2) is 0 Å². The third-order valence-corrected chi connectivity index (χ3v) is 3.60. The maximum absolute atomic E-state index is 9.45. The molecule has 0 radical (unpaired) electrons. The molecule has 0 aliphatic carbocycles. The molecule has 1 aliphatic heterocycles. The van der Waals surface area contributed by atoms with Gasteiger partial charge in [0.15, 0.2) is 0 Å². The number of phenols is 1. The van der Waals surface area contributed by atoms with Crippen LogP contribution in [0.25, 0.3) is 0 Å². The topological polar surface area (TPSA) is 43.7 Å². The first kappa shape index (κ1) is 12.4. The Hall–Kier alpha value is -1.06. The Labute approximate surface area is 103 Å². The van der Waals surface area contributed by atoms with Gasteiger partial charge in [0.2, 0.25) is 0 Å². The number of aliphatic hydroxyl groups is 1. The lowest BCUT2D eigenvalue weighted by atomic mass is 9.97. The van der Waals surface area contributed by atoms with Crippen molar-refractivity contribution in [3.05, 3.63) is 29.3 Å². The van der Waals surface area contributed by atoms with Crippen molar-refractivity contribution in [2.75, 3.05) is 19.7 Å². The summed E-state index contributed by atoms with van der Waals surface area (Å²) in [4.78, 5) is 2.44. The molecule has 94 valence electrons. The Kier molecular flexibility index (Phi) is 4.02. The smallest absolute Gasteiger partial charge is 0.115 e. The fourth-order valence-electron chi connectivity index (χ4n) is 2.74. The van der Waals surface area contributed by atoms with E-state index in [-0.39, 0.29) is 6.61 Å². The molecule has 0 saturated carbocycles. The summed E-state index contributed by atoms with van der Waals surface area (Å²) in [5.41, 5.74) is 2.34. The molecule has 1 unspecified atom stereocenters. The van der Waals surface area contributed by atoms with Gasteiger partial charge in [-0.2, -0.15) is 0 Å². The fourth-order valence-corrected chi connectivity index (χ4v) is 2.74. The second kappa shape index (κ2) is 5.52. The minimum Gasteiger partial charge on any atom is -0.508 e. The zero-order valence-corrected chi connectivity index (χ0v) is 10.4. The molecular weight excluding hydrogens is 214 g/mol. The molecular formula is C14H21NO2. The molecule has 1 saturated heterocycles. The van der Waals surface area contributed by atoms with Crippen molar-refractivity contribution in [1.29, 1.82) is 0 Å². The number of likely N-dealkylation sites (tertiary alicyclic amines) is 1. The van der Waals surface area contributed by atoms with Gasteiger partial charge < -0.3 is 10.2 Å². The maximum atomic E-state index is 9.45. The van der Waals surface area contributed by atoms with Crippen LogP contribution in [0.5, 0.6) is 5.75 Å². The fraction of sp³-hybridized carbons (Fsp3) is 0.571. The third kappa shape index (κ3) is 2.79. The summed E-state index contributed by atoms with van der Waals surface area (Å²) in [6.45, 7) is 4.47. The molecule has 2 N–H and O–H groups in total. The normalized spacial score (nSPS) is 18.5. The Morgan fingerprint density at radius 3 is 2.59 bits per heavy atom. The first-order valence-corrected chi connectivity index (χ1v) is 6.37. The molecule has 1 atom stereocenters. The number of aryl methyl sites for hydroxylation is 1. The molecule has 3 heteroatoms. The van der Waals surface area contributed by atoms with Crippen molar-refractivity contribution in [3.8, 4) is 5.75 Å². The molecule has 1 heterocycles. The molecule has 0 amide bonds. The van der Waals surface area contributed by atoms with Crippen molar-refractivity contribution in [2.45, 2.75) is 32.2 Å². The Bertz CT molecular complexity index is 372. The van der Waals surface area contributed by atoms with Gasteiger partial charge in [-0.3, -0.25) is 4.90 Å². The number of aliphatic hydroxyl groups excluding tert-OH is 1. The molecule has 0 aromatic heterocycles. The number of nitrogens with zero attached hydrogens (tertiary/aromatic N) is 1. The number of rotatable bonds is 4. The average Bonchev–Trinajstić information content (AvgIpc) is 2.80. The van der Waals surface area contributed by atoms with Gasteiger partial charge in [0, 0.05) is 12.6 Å². The monoisotopic (exact) mass is 235 g/mol. The average molecular weight is 235 g/mol. The second-order valence-electron chi connectivity index (χ2n) is 4.81. The lowest BCUT2D eigenvalue weighted by Crippen LogP contribution is -2.27. The van der Waals surface area contributed by atoms with Gasteiger partial charge in [0.25, 0.3) is 0 Å². The van der Waals surface area contributed by atoms with E-state index >= 15 is 0 Å². The van der Waals surface area contributed by atoms with Crippen molar-refractivity contribution in [2.24, 2.45) is 0 Å². The zero-order chi connectivity index (χ0) is 12.3. The summed E-state index contributed by atoms with van der Waals surface area (Å²) in [5, 5.41) is 18.7. The predicted molar refractivity (Wildman–Crippen MR) is 68.1 cm³/mol. The molecule has 0 bridgehead atoms. The highest BCUT2D eigenvalue weighted by Gasteiger charge is 2.24. The minimum atomic E-state index is 0.210. The lowest BCUT2D eigenvalue weighted by Gasteiger charge is -2.28. The van der Waals surface area contributed by atoms with E-state index in [9.17, 15) is 10.2 Å². The van der Waals surface area contributed by atoms with E-state index in [0.717, 1.165) is 25.1 Å². The van der Waals surface area contributed by atoms with Crippen molar-refractivity contribution in [3.63, 3.8) is 0 Å². The van der Waals surface area contributed by atoms with Crippen molar-refractivity contribution < 1.29 is 10.2 Å². The van der Waals surface area contributed by atoms with Gasteiger partial charge in [0.1, 0.15) is 5.75 Å². The van der Waals surface area contributed by atoms with E-state index in [4.69, 9.17) is 0 Å². The van der Waals surface area contributed by atoms with Crippen LogP contribution < -0.4 is 0 Å². The van der Waals surface area contributed by atoms with E-state index in [1.54, 1.807) is 12.1 Å². The first-order valence-electron chi connectivity index (χ1n) is 6.37. The van der Waals surface area contributed by atoms with Gasteiger partial charge >= 0.3 is 0 Å². The standard InChI is InChI=1S/C14H21NO2/c1-11-10-12(17)4-5-13(11)14(6-9-16)15-7-2-3-8-15/h4-5,10,14,16-17H,2-3,6-9H2,1H3. The molecule has 0 spiro atoms. The quantitative estimate of drug-likeness (QED) is 0.841. The molecule has 1 aromatic carbocycles. The SMILES string of the molecule is Cc1cc(O)ccc1C(CCO)N1CCCC1. The van der Waals surface area contributed by atoms with Crippen LogP contribution in [0.2, 0.25) is 0 Å². The van der Waals surface area contributed by atoms with Crippen LogP contribution in [0, 0.1) is 6.92 Å². The molecule has 3 nitrogen and oxygen atoms in total. The van der Waals surface area contributed by atoms with Gasteiger partial charge in [0.05, 0.1) is 0 Å². The number of aromatic hydroxyl groups is 1. The summed E-state index contributed by atoms with van der Waals surface area (Å²) in [7, 11) is 0. The lowest BCUT2D eigenvalue weighted by molar-refractivity contribution is 0.185. The molecule has 2 rings (SSSR count). The van der Waals surface area contributed by atoms with Crippen LogP contribution in [0.4, 0.5) is 0 Å². The molecule has 17 heavy (non-hydrogen) atoms. The highest BCUT2D eigenvalue weighted by molar-refractivity contribution is 5.36. The summed E-state index contributed by atoms with van der Waals surface area (Å²) in [6, 6.07) is 5.82. The highest BCUT2D eigenvalue weighted by atomic mass is 16.3. The van der Waals surface area contributed by atoms with E-state index in [1.165, 1.54) is 18.4 Å². The Morgan fingerprint density at radius 1 is 1.29 bits per heavy atom. The second-order valence-corrected chi connectivity index (χ2v) is 4.81. The number of hydrogen-bond acceptors (Lipinski definition) is 3. The van der Waals surface area contributed by atoms with Crippen molar-refractivity contribution >= 4 is 0 Å². The van der Waals surface area contributed by atoms with Gasteiger partial charge in [-0.1, -0.05) is 6.07 Å². The van der Waals surface area contributed by atoms with Crippen molar-refractivity contribution in [1.82, 2.24) is 4.90 Å². The largest absolute Gasteiger partial charge is 0.508 e. The van der Waals surface area contributed by atoms with E-state index in [2.05, 4.69) is 4.90 Å². The summed E-state index contributed by atoms with van der Waals surface area (Å²) in [6.07, 6.45) is 3.27. The van der Waals surface area contributed by atoms with Crippen LogP contribution >= 0.6 is 0 Å².